The predicted molar refractivity (Wildman–Crippen MR) is 198 cm³/mol. The lowest BCUT2D eigenvalue weighted by molar-refractivity contribution is 0.0670. The Morgan fingerprint density at radius 3 is 1.38 bits per heavy atom. The van der Waals surface area contributed by atoms with Crippen molar-refractivity contribution in [1.82, 2.24) is 29.6 Å². The highest BCUT2D eigenvalue weighted by Gasteiger charge is 2.40. The number of fused-ring (bicyclic) bond motifs is 8. The van der Waals surface area contributed by atoms with Crippen molar-refractivity contribution in [1.29, 1.82) is 0 Å². The number of halogens is 6. The highest BCUT2D eigenvalue weighted by atomic mass is 19.2. The maximum absolute atomic E-state index is 14.1. The maximum atomic E-state index is 14.1. The van der Waals surface area contributed by atoms with Crippen LogP contribution in [0.5, 0.6) is 11.5 Å². The summed E-state index contributed by atoms with van der Waals surface area (Å²) in [6.07, 6.45) is 0.369. The topological polar surface area (TPSA) is 183 Å². The van der Waals surface area contributed by atoms with Gasteiger partial charge < -0.3 is 39.8 Å². The number of nitrogens with zero attached hydrogens (tertiary/aromatic N) is 4. The zero-order chi connectivity index (χ0) is 43.2. The molecule has 4 bridgehead atoms. The number of benzene rings is 2. The molecule has 4 aliphatic rings. The molecule has 2 unspecified atom stereocenters. The van der Waals surface area contributed by atoms with Crippen molar-refractivity contribution in [2.45, 2.75) is 63.2 Å². The molecule has 6 heterocycles. The fourth-order valence-corrected chi connectivity index (χ4v) is 7.76. The fraction of sp³-hybridized carbons (Fsp3) is 0.350. The molecular formula is C40H36F6N6O8. The third-order valence-corrected chi connectivity index (χ3v) is 10.9. The van der Waals surface area contributed by atoms with Gasteiger partial charge >= 0.3 is 0 Å². The van der Waals surface area contributed by atoms with Crippen LogP contribution in [0.15, 0.2) is 58.4 Å². The Morgan fingerprint density at radius 1 is 0.633 bits per heavy atom. The van der Waals surface area contributed by atoms with Crippen molar-refractivity contribution in [3.05, 3.63) is 126 Å². The van der Waals surface area contributed by atoms with Crippen molar-refractivity contribution in [2.24, 2.45) is 0 Å². The van der Waals surface area contributed by atoms with Crippen LogP contribution in [0.25, 0.3) is 0 Å². The first-order valence-electron chi connectivity index (χ1n) is 18.8. The van der Waals surface area contributed by atoms with E-state index >= 15 is 0 Å². The van der Waals surface area contributed by atoms with Crippen LogP contribution in [0, 0.1) is 23.3 Å². The number of hydrogen-bond donors (Lipinski definition) is 4. The average Bonchev–Trinajstić information content (AvgIpc) is 3.49. The molecule has 2 saturated heterocycles. The second-order valence-corrected chi connectivity index (χ2v) is 14.8. The highest BCUT2D eigenvalue weighted by Crippen LogP contribution is 2.34. The second-order valence-electron chi connectivity index (χ2n) is 14.8. The predicted octanol–water partition coefficient (Wildman–Crippen LogP) is 3.78. The summed E-state index contributed by atoms with van der Waals surface area (Å²) in [7, 11) is 0. The molecule has 4 atom stereocenters. The van der Waals surface area contributed by atoms with Crippen molar-refractivity contribution in [2.75, 3.05) is 26.2 Å². The fourth-order valence-electron chi connectivity index (χ4n) is 7.76. The standard InChI is InChI=1S/2C20H18F3N3O4/c2*21-11-2-1-10(15(23)6-11)7-24-19(29)14-9-26-13-5-12(22)3-4-25(8-13)20(30)16(26)18(28)17(14)27/h2*1-2,6,9,12-13,28H,3-5,7-8H2,(H,24,29)/t2*12?,13-/m00/s1. The highest BCUT2D eigenvalue weighted by molar-refractivity contribution is 6.00. The summed E-state index contributed by atoms with van der Waals surface area (Å²) in [5, 5.41) is 25.4. The summed E-state index contributed by atoms with van der Waals surface area (Å²) >= 11 is 0. The van der Waals surface area contributed by atoms with E-state index in [1.54, 1.807) is 0 Å². The maximum Gasteiger partial charge on any atom is 0.274 e. The number of rotatable bonds is 6. The van der Waals surface area contributed by atoms with E-state index in [9.17, 15) is 65.3 Å². The first kappa shape index (κ1) is 41.6. The lowest BCUT2D eigenvalue weighted by Crippen LogP contribution is -2.44. The zero-order valence-electron chi connectivity index (χ0n) is 31.4. The van der Waals surface area contributed by atoms with Crippen LogP contribution in [0.2, 0.25) is 0 Å². The van der Waals surface area contributed by atoms with Gasteiger partial charge in [0.15, 0.2) is 22.9 Å². The molecule has 60 heavy (non-hydrogen) atoms. The normalized spacial score (nSPS) is 20.5. The molecule has 4 N–H and O–H groups in total. The van der Waals surface area contributed by atoms with Gasteiger partial charge in [0.25, 0.3) is 23.6 Å². The molecule has 8 rings (SSSR count). The van der Waals surface area contributed by atoms with E-state index in [1.807, 2.05) is 0 Å². The van der Waals surface area contributed by atoms with Gasteiger partial charge in [0.1, 0.15) is 46.7 Å². The van der Waals surface area contributed by atoms with Crippen molar-refractivity contribution >= 4 is 23.6 Å². The van der Waals surface area contributed by atoms with Crippen LogP contribution in [0.4, 0.5) is 26.3 Å². The minimum absolute atomic E-state index is 0.00175. The number of hydrogen-bond acceptors (Lipinski definition) is 8. The van der Waals surface area contributed by atoms with E-state index in [2.05, 4.69) is 10.6 Å². The molecule has 316 valence electrons. The summed E-state index contributed by atoms with van der Waals surface area (Å²) in [5.41, 5.74) is -3.56. The van der Waals surface area contributed by atoms with E-state index < -0.39 is 105 Å². The van der Waals surface area contributed by atoms with Crippen LogP contribution in [-0.4, -0.2) is 91.3 Å². The molecule has 14 nitrogen and oxygen atoms in total. The Morgan fingerprint density at radius 2 is 1.02 bits per heavy atom. The van der Waals surface area contributed by atoms with Crippen LogP contribution < -0.4 is 21.5 Å². The first-order chi connectivity index (χ1) is 28.5. The molecule has 2 aromatic carbocycles. The van der Waals surface area contributed by atoms with Crippen molar-refractivity contribution in [3.63, 3.8) is 0 Å². The van der Waals surface area contributed by atoms with E-state index in [4.69, 9.17) is 0 Å². The van der Waals surface area contributed by atoms with Gasteiger partial charge in [0, 0.05) is 87.8 Å². The summed E-state index contributed by atoms with van der Waals surface area (Å²) in [5.74, 6) is -8.05. The van der Waals surface area contributed by atoms with E-state index in [1.165, 1.54) is 18.9 Å². The Bertz CT molecular complexity index is 2380. The number of alkyl halides is 2. The Hall–Kier alpha value is -6.60. The van der Waals surface area contributed by atoms with Gasteiger partial charge in [-0.1, -0.05) is 12.1 Å². The van der Waals surface area contributed by atoms with Gasteiger partial charge in [-0.05, 0) is 25.0 Å². The molecule has 2 aromatic heterocycles. The number of nitrogens with one attached hydrogen (secondary N) is 2. The van der Waals surface area contributed by atoms with Crippen molar-refractivity contribution in [3.8, 4) is 11.5 Å². The molecule has 4 aromatic rings. The van der Waals surface area contributed by atoms with Crippen LogP contribution >= 0.6 is 0 Å². The number of pyridine rings is 2. The Balaban J connectivity index is 0.000000181. The summed E-state index contributed by atoms with van der Waals surface area (Å²) in [6, 6.07) is 4.62. The Kier molecular flexibility index (Phi) is 11.5. The summed E-state index contributed by atoms with van der Waals surface area (Å²) in [6.45, 7) is 0.114. The van der Waals surface area contributed by atoms with E-state index in [0.29, 0.717) is 12.1 Å². The largest absolute Gasteiger partial charge is 0.503 e. The monoisotopic (exact) mass is 842 g/mol. The second kappa shape index (κ2) is 16.6. The van der Waals surface area contributed by atoms with Gasteiger partial charge in [-0.2, -0.15) is 0 Å². The lowest BCUT2D eigenvalue weighted by Gasteiger charge is -2.34. The average molecular weight is 843 g/mol. The third-order valence-electron chi connectivity index (χ3n) is 10.9. The number of amides is 4. The smallest absolute Gasteiger partial charge is 0.274 e. The molecular weight excluding hydrogens is 806 g/mol. The van der Waals surface area contributed by atoms with Crippen LogP contribution in [0.1, 0.15) is 90.6 Å². The molecule has 0 radical (unpaired) electrons. The summed E-state index contributed by atoms with van der Waals surface area (Å²) in [4.78, 5) is 78.2. The number of carbonyl (C=O) groups excluding carboxylic acids is 4. The first-order valence-corrected chi connectivity index (χ1v) is 18.8. The quantitative estimate of drug-likeness (QED) is 0.212. The van der Waals surface area contributed by atoms with Gasteiger partial charge in [-0.3, -0.25) is 28.8 Å². The molecule has 20 heteroatoms. The van der Waals surface area contributed by atoms with Crippen molar-refractivity contribution < 1.29 is 55.7 Å². The molecule has 0 saturated carbocycles. The minimum atomic E-state index is -1.17. The van der Waals surface area contributed by atoms with Gasteiger partial charge in [0.2, 0.25) is 10.9 Å². The van der Waals surface area contributed by atoms with E-state index in [-0.39, 0.29) is 87.5 Å². The molecule has 4 amide bonds. The van der Waals surface area contributed by atoms with Crippen LogP contribution in [-0.2, 0) is 13.1 Å². The Labute approximate surface area is 335 Å². The van der Waals surface area contributed by atoms with Gasteiger partial charge in [-0.15, -0.1) is 0 Å². The lowest BCUT2D eigenvalue weighted by atomic mass is 10.0. The van der Waals surface area contributed by atoms with Gasteiger partial charge in [-0.25, -0.2) is 26.3 Å². The molecule has 0 spiro atoms. The van der Waals surface area contributed by atoms with E-state index in [0.717, 1.165) is 36.7 Å². The molecule has 2 fully saturated rings. The van der Waals surface area contributed by atoms with Gasteiger partial charge in [0.05, 0.1) is 12.1 Å². The van der Waals surface area contributed by atoms with Crippen LogP contribution in [0.3, 0.4) is 0 Å². The summed E-state index contributed by atoms with van der Waals surface area (Å²) < 4.78 is 84.3. The number of aromatic nitrogens is 2. The third kappa shape index (κ3) is 8.04. The minimum Gasteiger partial charge on any atom is -0.503 e. The zero-order valence-corrected chi connectivity index (χ0v) is 31.4. The molecule has 4 aliphatic heterocycles. The molecule has 0 aliphatic carbocycles. The number of carbonyl (C=O) groups is 4. The SMILES string of the molecule is O=C(NCc1ccc(F)cc1F)c1cn2c(c(O)c1=O)C(=O)N1CCC(F)C[C@H]2C1.O=C(NCc1ccc(F)cc1F)c1cn2c(c(O)c1=O)C(=O)N1CCC(F)C[C@H]2C1. The number of aromatic hydroxyl groups is 2.